The van der Waals surface area contributed by atoms with E-state index in [1.807, 2.05) is 49.4 Å². The molecule has 0 radical (unpaired) electrons. The van der Waals surface area contributed by atoms with Crippen LogP contribution in [0, 0.1) is 6.92 Å². The van der Waals surface area contributed by atoms with Crippen molar-refractivity contribution in [3.8, 4) is 0 Å². The number of nitrogens with zero attached hydrogens (tertiary/aromatic N) is 1. The summed E-state index contributed by atoms with van der Waals surface area (Å²) in [6.45, 7) is 2.55. The molecule has 0 saturated carbocycles. The highest BCUT2D eigenvalue weighted by Crippen LogP contribution is 2.13. The summed E-state index contributed by atoms with van der Waals surface area (Å²) < 4.78 is 5.26. The molecule has 2 heterocycles. The highest BCUT2D eigenvalue weighted by molar-refractivity contribution is 6.03. The maximum absolute atomic E-state index is 12.3. The van der Waals surface area contributed by atoms with E-state index in [4.69, 9.17) is 4.42 Å². The zero-order valence-electron chi connectivity index (χ0n) is 12.7. The smallest absolute Gasteiger partial charge is 0.274 e. The zero-order chi connectivity index (χ0) is 16.1. The molecule has 23 heavy (non-hydrogen) atoms. The molecule has 116 valence electrons. The number of hydrogen-bond acceptors (Lipinski definition) is 4. The van der Waals surface area contributed by atoms with Crippen molar-refractivity contribution >= 4 is 17.3 Å². The van der Waals surface area contributed by atoms with Crippen LogP contribution in [0.1, 0.15) is 21.8 Å². The minimum absolute atomic E-state index is 0.240. The average molecular weight is 307 g/mol. The molecule has 0 aliphatic rings. The minimum Gasteiger partial charge on any atom is -0.467 e. The third kappa shape index (κ3) is 3.97. The van der Waals surface area contributed by atoms with Crippen LogP contribution in [-0.4, -0.2) is 10.9 Å². The van der Waals surface area contributed by atoms with E-state index < -0.39 is 0 Å². The molecule has 0 saturated heterocycles. The molecule has 5 heteroatoms. The Morgan fingerprint density at radius 2 is 1.96 bits per heavy atom. The standard InChI is InChI=1S/C18H17N3O2/c1-13-4-6-14(7-5-13)21-18(22)17-11-15(8-9-19-17)20-12-16-3-2-10-23-16/h2-11H,12H2,1H3,(H,19,20)(H,21,22). The largest absolute Gasteiger partial charge is 0.467 e. The van der Waals surface area contributed by atoms with Crippen LogP contribution in [0.15, 0.2) is 65.4 Å². The van der Waals surface area contributed by atoms with Gasteiger partial charge in [-0.15, -0.1) is 0 Å². The Kier molecular flexibility index (Phi) is 4.38. The van der Waals surface area contributed by atoms with Gasteiger partial charge in [0.05, 0.1) is 12.8 Å². The van der Waals surface area contributed by atoms with Crippen molar-refractivity contribution in [3.63, 3.8) is 0 Å². The Labute approximate surface area is 134 Å². The molecule has 0 aliphatic carbocycles. The van der Waals surface area contributed by atoms with Gasteiger partial charge in [0, 0.05) is 17.6 Å². The number of carbonyl (C=O) groups excluding carboxylic acids is 1. The predicted octanol–water partition coefficient (Wildman–Crippen LogP) is 3.85. The predicted molar refractivity (Wildman–Crippen MR) is 89.4 cm³/mol. The molecule has 2 aromatic heterocycles. The summed E-state index contributed by atoms with van der Waals surface area (Å²) in [4.78, 5) is 16.4. The van der Waals surface area contributed by atoms with E-state index in [-0.39, 0.29) is 5.91 Å². The molecule has 0 aliphatic heterocycles. The number of aromatic nitrogens is 1. The van der Waals surface area contributed by atoms with Gasteiger partial charge in [0.25, 0.3) is 5.91 Å². The topological polar surface area (TPSA) is 67.2 Å². The first-order valence-electron chi connectivity index (χ1n) is 7.31. The summed E-state index contributed by atoms with van der Waals surface area (Å²) >= 11 is 0. The number of rotatable bonds is 5. The van der Waals surface area contributed by atoms with Crippen LogP contribution in [-0.2, 0) is 6.54 Å². The summed E-state index contributed by atoms with van der Waals surface area (Å²) in [5.41, 5.74) is 3.06. The van der Waals surface area contributed by atoms with Crippen molar-refractivity contribution in [1.29, 1.82) is 0 Å². The lowest BCUT2D eigenvalue weighted by Crippen LogP contribution is -2.14. The monoisotopic (exact) mass is 307 g/mol. The number of amides is 1. The summed E-state index contributed by atoms with van der Waals surface area (Å²) in [7, 11) is 0. The van der Waals surface area contributed by atoms with Crippen molar-refractivity contribution in [2.75, 3.05) is 10.6 Å². The Morgan fingerprint density at radius 3 is 2.70 bits per heavy atom. The number of anilines is 2. The number of carbonyl (C=O) groups is 1. The third-order valence-corrected chi connectivity index (χ3v) is 3.35. The number of nitrogens with one attached hydrogen (secondary N) is 2. The van der Waals surface area contributed by atoms with Gasteiger partial charge in [-0.05, 0) is 43.3 Å². The first-order valence-corrected chi connectivity index (χ1v) is 7.31. The van der Waals surface area contributed by atoms with Crippen LogP contribution in [0.3, 0.4) is 0 Å². The van der Waals surface area contributed by atoms with Crippen molar-refractivity contribution in [2.45, 2.75) is 13.5 Å². The third-order valence-electron chi connectivity index (χ3n) is 3.35. The van der Waals surface area contributed by atoms with Gasteiger partial charge in [-0.2, -0.15) is 0 Å². The molecule has 0 fully saturated rings. The van der Waals surface area contributed by atoms with E-state index in [1.54, 1.807) is 18.5 Å². The van der Waals surface area contributed by atoms with E-state index in [1.165, 1.54) is 0 Å². The van der Waals surface area contributed by atoms with E-state index >= 15 is 0 Å². The molecule has 0 spiro atoms. The molecule has 1 amide bonds. The zero-order valence-corrected chi connectivity index (χ0v) is 12.7. The minimum atomic E-state index is -0.240. The lowest BCUT2D eigenvalue weighted by Gasteiger charge is -2.08. The molecule has 0 unspecified atom stereocenters. The van der Waals surface area contributed by atoms with Gasteiger partial charge in [0.1, 0.15) is 11.5 Å². The molecule has 5 nitrogen and oxygen atoms in total. The number of benzene rings is 1. The summed E-state index contributed by atoms with van der Waals surface area (Å²) in [6, 6.07) is 14.9. The second-order valence-corrected chi connectivity index (χ2v) is 5.18. The van der Waals surface area contributed by atoms with Crippen molar-refractivity contribution < 1.29 is 9.21 Å². The van der Waals surface area contributed by atoms with Crippen LogP contribution in [0.5, 0.6) is 0 Å². The average Bonchev–Trinajstić information content (AvgIpc) is 3.09. The molecule has 0 atom stereocenters. The van der Waals surface area contributed by atoms with Crippen LogP contribution in [0.2, 0.25) is 0 Å². The van der Waals surface area contributed by atoms with E-state index in [0.717, 1.165) is 22.7 Å². The number of hydrogen-bond donors (Lipinski definition) is 2. The molecular weight excluding hydrogens is 290 g/mol. The number of furan rings is 1. The van der Waals surface area contributed by atoms with Crippen LogP contribution < -0.4 is 10.6 Å². The van der Waals surface area contributed by atoms with Crippen LogP contribution in [0.25, 0.3) is 0 Å². The van der Waals surface area contributed by atoms with E-state index in [2.05, 4.69) is 15.6 Å². The Bertz CT molecular complexity index is 780. The number of pyridine rings is 1. The fourth-order valence-corrected chi connectivity index (χ4v) is 2.10. The van der Waals surface area contributed by atoms with Crippen molar-refractivity contribution in [1.82, 2.24) is 4.98 Å². The maximum Gasteiger partial charge on any atom is 0.274 e. The van der Waals surface area contributed by atoms with Gasteiger partial charge in [0.2, 0.25) is 0 Å². The highest BCUT2D eigenvalue weighted by Gasteiger charge is 2.08. The highest BCUT2D eigenvalue weighted by atomic mass is 16.3. The summed E-state index contributed by atoms with van der Waals surface area (Å²) in [5, 5.41) is 6.03. The second-order valence-electron chi connectivity index (χ2n) is 5.18. The van der Waals surface area contributed by atoms with Gasteiger partial charge in [0.15, 0.2) is 0 Å². The van der Waals surface area contributed by atoms with Gasteiger partial charge in [-0.25, -0.2) is 0 Å². The number of aryl methyl sites for hydroxylation is 1. The molecule has 1 aromatic carbocycles. The second kappa shape index (κ2) is 6.79. The normalized spacial score (nSPS) is 10.3. The van der Waals surface area contributed by atoms with Crippen molar-refractivity contribution in [3.05, 3.63) is 78.0 Å². The quantitative estimate of drug-likeness (QED) is 0.751. The Hall–Kier alpha value is -3.08. The lowest BCUT2D eigenvalue weighted by molar-refractivity contribution is 0.102. The van der Waals surface area contributed by atoms with Crippen LogP contribution in [0.4, 0.5) is 11.4 Å². The molecule has 2 N–H and O–H groups in total. The molecule has 3 rings (SSSR count). The van der Waals surface area contributed by atoms with Crippen LogP contribution >= 0.6 is 0 Å². The fraction of sp³-hybridized carbons (Fsp3) is 0.111. The van der Waals surface area contributed by atoms with Crippen molar-refractivity contribution in [2.24, 2.45) is 0 Å². The van der Waals surface area contributed by atoms with E-state index in [0.29, 0.717) is 12.2 Å². The van der Waals surface area contributed by atoms with Gasteiger partial charge < -0.3 is 15.1 Å². The Balaban J connectivity index is 1.66. The van der Waals surface area contributed by atoms with Gasteiger partial charge >= 0.3 is 0 Å². The molecule has 3 aromatic rings. The van der Waals surface area contributed by atoms with Gasteiger partial charge in [-0.3, -0.25) is 9.78 Å². The summed E-state index contributed by atoms with van der Waals surface area (Å²) in [5.74, 6) is 0.586. The molecular formula is C18H17N3O2. The van der Waals surface area contributed by atoms with E-state index in [9.17, 15) is 4.79 Å². The summed E-state index contributed by atoms with van der Waals surface area (Å²) in [6.07, 6.45) is 3.23. The Morgan fingerprint density at radius 1 is 1.13 bits per heavy atom. The molecule has 0 bridgehead atoms. The SMILES string of the molecule is Cc1ccc(NC(=O)c2cc(NCc3ccco3)ccn2)cc1. The maximum atomic E-state index is 12.3. The fourth-order valence-electron chi connectivity index (χ4n) is 2.10. The first-order chi connectivity index (χ1) is 11.2. The van der Waals surface area contributed by atoms with Gasteiger partial charge in [-0.1, -0.05) is 17.7 Å². The lowest BCUT2D eigenvalue weighted by atomic mass is 10.2. The first kappa shape index (κ1) is 14.8.